The maximum Gasteiger partial charge on any atom is 0.352 e. The van der Waals surface area contributed by atoms with Gasteiger partial charge in [-0.15, -0.1) is 0 Å². The average molecular weight is 371 g/mol. The molecule has 3 heterocycles. The third kappa shape index (κ3) is 2.39. The molecule has 0 aliphatic carbocycles. The SMILES string of the molecule is COc1ccc2[nH]cc(-c3cc(-c4c[nH]c5ccccc45)c(C(=O)O)[nH]3)c2c1. The lowest BCUT2D eigenvalue weighted by molar-refractivity contribution is 0.0692. The van der Waals surface area contributed by atoms with Gasteiger partial charge in [0, 0.05) is 56.6 Å². The zero-order valence-corrected chi connectivity index (χ0v) is 15.0. The number of ether oxygens (including phenoxy) is 1. The molecule has 28 heavy (non-hydrogen) atoms. The number of benzene rings is 2. The minimum atomic E-state index is -0.996. The van der Waals surface area contributed by atoms with Gasteiger partial charge < -0.3 is 24.8 Å². The molecule has 5 aromatic rings. The van der Waals surface area contributed by atoms with Crippen LogP contribution >= 0.6 is 0 Å². The lowest BCUT2D eigenvalue weighted by Gasteiger charge is -2.00. The van der Waals surface area contributed by atoms with Gasteiger partial charge in [-0.25, -0.2) is 4.79 Å². The number of hydrogen-bond acceptors (Lipinski definition) is 2. The van der Waals surface area contributed by atoms with Crippen LogP contribution in [0.2, 0.25) is 0 Å². The number of aromatic carboxylic acids is 1. The summed E-state index contributed by atoms with van der Waals surface area (Å²) in [5, 5.41) is 11.7. The molecule has 5 rings (SSSR count). The van der Waals surface area contributed by atoms with Gasteiger partial charge in [0.1, 0.15) is 11.4 Å². The van der Waals surface area contributed by atoms with Crippen molar-refractivity contribution in [1.29, 1.82) is 0 Å². The third-order valence-corrected chi connectivity index (χ3v) is 5.09. The Bertz CT molecular complexity index is 1340. The van der Waals surface area contributed by atoms with Gasteiger partial charge in [0.2, 0.25) is 0 Å². The van der Waals surface area contributed by atoms with Gasteiger partial charge in [-0.3, -0.25) is 0 Å². The maximum absolute atomic E-state index is 11.9. The highest BCUT2D eigenvalue weighted by Crippen LogP contribution is 2.37. The smallest absolute Gasteiger partial charge is 0.352 e. The second kappa shape index (κ2) is 6.06. The van der Waals surface area contributed by atoms with Crippen LogP contribution < -0.4 is 4.74 Å². The summed E-state index contributed by atoms with van der Waals surface area (Å²) in [4.78, 5) is 21.5. The van der Waals surface area contributed by atoms with Gasteiger partial charge >= 0.3 is 5.97 Å². The standard InChI is InChI=1S/C22H17N3O3/c1-28-12-6-7-19-14(8-12)17(11-24-19)20-9-15(21(25-20)22(26)27)16-10-23-18-5-3-2-4-13(16)18/h2-11,23-25H,1H3,(H,26,27). The van der Waals surface area contributed by atoms with Crippen molar-refractivity contribution in [3.8, 4) is 28.1 Å². The molecule has 0 radical (unpaired) electrons. The van der Waals surface area contributed by atoms with Gasteiger partial charge in [0.05, 0.1) is 7.11 Å². The summed E-state index contributed by atoms with van der Waals surface area (Å²) >= 11 is 0. The molecule has 3 aromatic heterocycles. The Hall–Kier alpha value is -3.93. The summed E-state index contributed by atoms with van der Waals surface area (Å²) < 4.78 is 5.33. The lowest BCUT2D eigenvalue weighted by atomic mass is 10.0. The number of methoxy groups -OCH3 is 1. The third-order valence-electron chi connectivity index (χ3n) is 5.09. The predicted molar refractivity (Wildman–Crippen MR) is 109 cm³/mol. The van der Waals surface area contributed by atoms with Crippen molar-refractivity contribution in [1.82, 2.24) is 15.0 Å². The van der Waals surface area contributed by atoms with Crippen molar-refractivity contribution in [3.63, 3.8) is 0 Å². The quantitative estimate of drug-likeness (QED) is 0.357. The van der Waals surface area contributed by atoms with Crippen LogP contribution in [0.15, 0.2) is 60.9 Å². The molecule has 2 aromatic carbocycles. The van der Waals surface area contributed by atoms with Crippen LogP contribution in [0.1, 0.15) is 10.5 Å². The lowest BCUT2D eigenvalue weighted by Crippen LogP contribution is -1.98. The molecule has 0 spiro atoms. The van der Waals surface area contributed by atoms with Crippen molar-refractivity contribution in [3.05, 3.63) is 66.6 Å². The second-order valence-corrected chi connectivity index (χ2v) is 6.64. The molecule has 0 amide bonds. The molecule has 0 unspecified atom stereocenters. The van der Waals surface area contributed by atoms with E-state index in [1.807, 2.05) is 60.9 Å². The second-order valence-electron chi connectivity index (χ2n) is 6.64. The van der Waals surface area contributed by atoms with Crippen molar-refractivity contribution < 1.29 is 14.6 Å². The zero-order valence-electron chi connectivity index (χ0n) is 15.0. The Labute approximate surface area is 159 Å². The molecule has 0 aliphatic rings. The Morgan fingerprint density at radius 1 is 0.893 bits per heavy atom. The topological polar surface area (TPSA) is 93.9 Å². The van der Waals surface area contributed by atoms with Crippen LogP contribution in [-0.4, -0.2) is 33.1 Å². The van der Waals surface area contributed by atoms with E-state index in [0.29, 0.717) is 5.56 Å². The van der Waals surface area contributed by atoms with Crippen LogP contribution in [0.25, 0.3) is 44.2 Å². The number of carboxylic acids is 1. The van der Waals surface area contributed by atoms with Crippen molar-refractivity contribution in [2.45, 2.75) is 0 Å². The Morgan fingerprint density at radius 2 is 1.64 bits per heavy atom. The van der Waals surface area contributed by atoms with E-state index in [0.717, 1.165) is 44.4 Å². The van der Waals surface area contributed by atoms with Gasteiger partial charge in [0.15, 0.2) is 0 Å². The molecular formula is C22H17N3O3. The molecular weight excluding hydrogens is 354 g/mol. The van der Waals surface area contributed by atoms with Gasteiger partial charge in [0.25, 0.3) is 0 Å². The largest absolute Gasteiger partial charge is 0.497 e. The van der Waals surface area contributed by atoms with Crippen LogP contribution in [0.5, 0.6) is 5.75 Å². The fourth-order valence-corrected chi connectivity index (χ4v) is 3.72. The molecule has 0 saturated heterocycles. The summed E-state index contributed by atoms with van der Waals surface area (Å²) in [5.74, 6) is -0.251. The number of aromatic amines is 3. The van der Waals surface area contributed by atoms with E-state index in [2.05, 4.69) is 15.0 Å². The maximum atomic E-state index is 11.9. The van der Waals surface area contributed by atoms with Crippen molar-refractivity contribution >= 4 is 27.8 Å². The molecule has 0 bridgehead atoms. The molecule has 0 saturated carbocycles. The number of hydrogen-bond donors (Lipinski definition) is 4. The van der Waals surface area contributed by atoms with Gasteiger partial charge in [-0.1, -0.05) is 18.2 Å². The molecule has 0 atom stereocenters. The van der Waals surface area contributed by atoms with E-state index in [1.54, 1.807) is 7.11 Å². The molecule has 4 N–H and O–H groups in total. The number of nitrogens with one attached hydrogen (secondary N) is 3. The summed E-state index contributed by atoms with van der Waals surface area (Å²) in [6.45, 7) is 0. The monoisotopic (exact) mass is 371 g/mol. The van der Waals surface area contributed by atoms with E-state index >= 15 is 0 Å². The van der Waals surface area contributed by atoms with Crippen LogP contribution in [0.3, 0.4) is 0 Å². The fraction of sp³-hybridized carbons (Fsp3) is 0.0455. The first-order valence-corrected chi connectivity index (χ1v) is 8.84. The Kier molecular flexibility index (Phi) is 3.52. The first-order valence-electron chi connectivity index (χ1n) is 8.84. The zero-order chi connectivity index (χ0) is 19.3. The minimum absolute atomic E-state index is 0.164. The Morgan fingerprint density at radius 3 is 2.43 bits per heavy atom. The summed E-state index contributed by atoms with van der Waals surface area (Å²) in [6.07, 6.45) is 3.73. The van der Waals surface area contributed by atoms with Crippen molar-refractivity contribution in [2.24, 2.45) is 0 Å². The number of fused-ring (bicyclic) bond motifs is 2. The highest BCUT2D eigenvalue weighted by Gasteiger charge is 2.20. The molecule has 6 nitrogen and oxygen atoms in total. The highest BCUT2D eigenvalue weighted by atomic mass is 16.5. The first-order chi connectivity index (χ1) is 13.7. The van der Waals surface area contributed by atoms with E-state index in [4.69, 9.17) is 4.74 Å². The van der Waals surface area contributed by atoms with Crippen LogP contribution in [-0.2, 0) is 0 Å². The van der Waals surface area contributed by atoms with Crippen molar-refractivity contribution in [2.75, 3.05) is 7.11 Å². The summed E-state index contributed by atoms with van der Waals surface area (Å²) in [5.41, 5.74) is 5.21. The van der Waals surface area contributed by atoms with Gasteiger partial charge in [-0.2, -0.15) is 0 Å². The number of rotatable bonds is 4. The summed E-state index contributed by atoms with van der Waals surface area (Å²) in [7, 11) is 1.62. The summed E-state index contributed by atoms with van der Waals surface area (Å²) in [6, 6.07) is 15.5. The first kappa shape index (κ1) is 16.3. The number of H-pyrrole nitrogens is 3. The normalized spacial score (nSPS) is 11.3. The van der Waals surface area contributed by atoms with Gasteiger partial charge in [-0.05, 0) is 30.3 Å². The highest BCUT2D eigenvalue weighted by molar-refractivity contribution is 6.05. The van der Waals surface area contributed by atoms with E-state index < -0.39 is 5.97 Å². The van der Waals surface area contributed by atoms with E-state index in [1.165, 1.54) is 0 Å². The molecule has 0 fully saturated rings. The van der Waals surface area contributed by atoms with Crippen LogP contribution in [0, 0.1) is 0 Å². The number of carbonyl (C=O) groups is 1. The molecule has 6 heteroatoms. The van der Waals surface area contributed by atoms with E-state index in [9.17, 15) is 9.90 Å². The molecule has 138 valence electrons. The van der Waals surface area contributed by atoms with E-state index in [-0.39, 0.29) is 5.69 Å². The Balaban J connectivity index is 1.73. The number of carboxylic acid groups (broad SMARTS) is 1. The van der Waals surface area contributed by atoms with Crippen LogP contribution in [0.4, 0.5) is 0 Å². The average Bonchev–Trinajstić information content (AvgIpc) is 3.42. The fourth-order valence-electron chi connectivity index (χ4n) is 3.72. The number of aromatic nitrogens is 3. The molecule has 0 aliphatic heterocycles. The number of para-hydroxylation sites is 1. The minimum Gasteiger partial charge on any atom is -0.497 e. The predicted octanol–water partition coefficient (Wildman–Crippen LogP) is 5.02.